The SMILES string of the molecule is CN1C(=O)c2c3c(c(O)c(=O)n2C12CCCCCC2)C(=O)N(Cc1ccc(F)c(Cl)c1)CC3. The van der Waals surface area contributed by atoms with Crippen LogP contribution in [0.3, 0.4) is 0 Å². The van der Waals surface area contributed by atoms with Crippen molar-refractivity contribution in [3.63, 3.8) is 0 Å². The molecule has 1 aliphatic carbocycles. The Morgan fingerprint density at radius 1 is 1.09 bits per heavy atom. The Labute approximate surface area is 195 Å². The first-order valence-electron chi connectivity index (χ1n) is 11.3. The van der Waals surface area contributed by atoms with Gasteiger partial charge in [-0.15, -0.1) is 0 Å². The van der Waals surface area contributed by atoms with Crippen LogP contribution < -0.4 is 5.56 Å². The molecule has 1 N–H and O–H groups in total. The second-order valence-electron chi connectivity index (χ2n) is 9.18. The lowest BCUT2D eigenvalue weighted by Gasteiger charge is -2.37. The molecule has 7 nitrogen and oxygen atoms in total. The molecule has 33 heavy (non-hydrogen) atoms. The number of nitrogens with zero attached hydrogens (tertiary/aromatic N) is 3. The molecule has 3 heterocycles. The zero-order valence-corrected chi connectivity index (χ0v) is 19.1. The Hall–Kier alpha value is -2.87. The molecular formula is C24H25ClFN3O4. The van der Waals surface area contributed by atoms with Crippen molar-refractivity contribution < 1.29 is 19.1 Å². The summed E-state index contributed by atoms with van der Waals surface area (Å²) in [6.07, 6.45) is 5.45. The molecule has 0 saturated heterocycles. The van der Waals surface area contributed by atoms with Crippen molar-refractivity contribution in [2.45, 2.75) is 57.2 Å². The monoisotopic (exact) mass is 473 g/mol. The van der Waals surface area contributed by atoms with Gasteiger partial charge in [-0.3, -0.25) is 19.0 Å². The third kappa shape index (κ3) is 3.18. The number of rotatable bonds is 2. The van der Waals surface area contributed by atoms with Gasteiger partial charge in [0.25, 0.3) is 17.4 Å². The Kier molecular flexibility index (Phi) is 5.23. The topological polar surface area (TPSA) is 82.9 Å². The van der Waals surface area contributed by atoms with Crippen molar-refractivity contribution in [3.8, 4) is 5.75 Å². The summed E-state index contributed by atoms with van der Waals surface area (Å²) in [5, 5.41) is 10.9. The number of pyridine rings is 1. The zero-order valence-electron chi connectivity index (χ0n) is 18.4. The van der Waals surface area contributed by atoms with Crippen LogP contribution in [0.5, 0.6) is 5.75 Å². The molecule has 0 atom stereocenters. The molecule has 1 spiro atoms. The minimum atomic E-state index is -0.794. The summed E-state index contributed by atoms with van der Waals surface area (Å²) in [7, 11) is 1.71. The average molecular weight is 474 g/mol. The fraction of sp³-hybridized carbons (Fsp3) is 0.458. The molecule has 3 aliphatic rings. The molecule has 1 saturated carbocycles. The summed E-state index contributed by atoms with van der Waals surface area (Å²) in [5.41, 5.74) is -0.291. The number of aromatic nitrogens is 1. The van der Waals surface area contributed by atoms with Crippen LogP contribution in [0.15, 0.2) is 23.0 Å². The minimum Gasteiger partial charge on any atom is -0.502 e. The summed E-state index contributed by atoms with van der Waals surface area (Å²) >= 11 is 5.87. The molecule has 174 valence electrons. The number of hydrogen-bond donors (Lipinski definition) is 1. The molecule has 0 unspecified atom stereocenters. The Morgan fingerprint density at radius 2 is 1.79 bits per heavy atom. The van der Waals surface area contributed by atoms with Crippen LogP contribution in [0.25, 0.3) is 0 Å². The van der Waals surface area contributed by atoms with Crippen LogP contribution in [-0.4, -0.2) is 44.9 Å². The van der Waals surface area contributed by atoms with E-state index in [-0.39, 0.29) is 28.7 Å². The molecule has 2 aromatic rings. The minimum absolute atomic E-state index is 0.0430. The normalized spacial score (nSPS) is 19.6. The molecule has 1 fully saturated rings. The highest BCUT2D eigenvalue weighted by molar-refractivity contribution is 6.30. The molecular weight excluding hydrogens is 449 g/mol. The van der Waals surface area contributed by atoms with Crippen LogP contribution >= 0.6 is 11.6 Å². The number of carbonyl (C=O) groups excluding carboxylic acids is 2. The van der Waals surface area contributed by atoms with Crippen molar-refractivity contribution >= 4 is 23.4 Å². The van der Waals surface area contributed by atoms with Gasteiger partial charge >= 0.3 is 0 Å². The van der Waals surface area contributed by atoms with Gasteiger partial charge < -0.3 is 14.9 Å². The van der Waals surface area contributed by atoms with Crippen molar-refractivity contribution in [1.29, 1.82) is 0 Å². The molecule has 1 aromatic carbocycles. The lowest BCUT2D eigenvalue weighted by molar-refractivity contribution is 0.0396. The molecule has 2 amide bonds. The van der Waals surface area contributed by atoms with E-state index in [1.54, 1.807) is 11.9 Å². The number of carbonyl (C=O) groups is 2. The van der Waals surface area contributed by atoms with E-state index in [9.17, 15) is 23.9 Å². The van der Waals surface area contributed by atoms with Gasteiger partial charge in [-0.05, 0) is 49.8 Å². The van der Waals surface area contributed by atoms with E-state index in [0.717, 1.165) is 25.7 Å². The van der Waals surface area contributed by atoms with Crippen LogP contribution in [-0.2, 0) is 18.6 Å². The Balaban J connectivity index is 1.59. The summed E-state index contributed by atoms with van der Waals surface area (Å²) < 4.78 is 15.0. The maximum Gasteiger partial charge on any atom is 0.296 e. The second kappa shape index (κ2) is 7.87. The van der Waals surface area contributed by atoms with E-state index in [1.807, 2.05) is 0 Å². The van der Waals surface area contributed by atoms with Crippen LogP contribution in [0.4, 0.5) is 4.39 Å². The molecule has 1 aromatic heterocycles. The first-order chi connectivity index (χ1) is 15.8. The molecule has 0 bridgehead atoms. The number of benzene rings is 1. The summed E-state index contributed by atoms with van der Waals surface area (Å²) in [6.45, 7) is 0.448. The average Bonchev–Trinajstić information content (AvgIpc) is 2.95. The number of hydrogen-bond acceptors (Lipinski definition) is 4. The third-order valence-electron chi connectivity index (χ3n) is 7.40. The highest BCUT2D eigenvalue weighted by Crippen LogP contribution is 2.44. The number of halogens is 2. The van der Waals surface area contributed by atoms with E-state index in [4.69, 9.17) is 11.6 Å². The first-order valence-corrected chi connectivity index (χ1v) is 11.7. The maximum absolute atomic E-state index is 13.5. The quantitative estimate of drug-likeness (QED) is 0.722. The molecule has 0 radical (unpaired) electrons. The van der Waals surface area contributed by atoms with Gasteiger partial charge in [0.1, 0.15) is 17.2 Å². The zero-order chi connectivity index (χ0) is 23.5. The van der Waals surface area contributed by atoms with Crippen molar-refractivity contribution in [1.82, 2.24) is 14.4 Å². The molecule has 9 heteroatoms. The fourth-order valence-electron chi connectivity index (χ4n) is 5.67. The summed E-state index contributed by atoms with van der Waals surface area (Å²) in [5.74, 6) is -1.96. The Bertz CT molecular complexity index is 1230. The van der Waals surface area contributed by atoms with Gasteiger partial charge in [0, 0.05) is 25.7 Å². The summed E-state index contributed by atoms with van der Waals surface area (Å²) in [4.78, 5) is 43.2. The standard InChI is InChI=1S/C24H25ClFN3O4/c1-27-22(32)19-15-8-11-28(13-14-6-7-17(26)16(25)12-14)21(31)18(15)20(30)23(33)29(19)24(27)9-4-2-3-5-10-24/h6-7,12,30H,2-5,8-11,13H2,1H3. The smallest absolute Gasteiger partial charge is 0.296 e. The number of amides is 2. The van der Waals surface area contributed by atoms with Gasteiger partial charge in [0.2, 0.25) is 0 Å². The van der Waals surface area contributed by atoms with Crippen molar-refractivity contribution in [3.05, 3.63) is 61.8 Å². The van der Waals surface area contributed by atoms with Gasteiger partial charge in [-0.1, -0.05) is 30.5 Å². The maximum atomic E-state index is 13.5. The first kappa shape index (κ1) is 21.9. The fourth-order valence-corrected chi connectivity index (χ4v) is 5.88. The highest BCUT2D eigenvalue weighted by atomic mass is 35.5. The predicted molar refractivity (Wildman–Crippen MR) is 120 cm³/mol. The van der Waals surface area contributed by atoms with Crippen molar-refractivity contribution in [2.24, 2.45) is 0 Å². The van der Waals surface area contributed by atoms with E-state index in [1.165, 1.54) is 27.7 Å². The van der Waals surface area contributed by atoms with E-state index in [0.29, 0.717) is 36.9 Å². The largest absolute Gasteiger partial charge is 0.502 e. The van der Waals surface area contributed by atoms with E-state index in [2.05, 4.69) is 0 Å². The second-order valence-corrected chi connectivity index (χ2v) is 9.58. The van der Waals surface area contributed by atoms with Gasteiger partial charge in [-0.2, -0.15) is 0 Å². The molecule has 2 aliphatic heterocycles. The van der Waals surface area contributed by atoms with E-state index >= 15 is 0 Å². The Morgan fingerprint density at radius 3 is 2.45 bits per heavy atom. The lowest BCUT2D eigenvalue weighted by Crippen LogP contribution is -2.48. The van der Waals surface area contributed by atoms with Crippen LogP contribution in [0.2, 0.25) is 5.02 Å². The van der Waals surface area contributed by atoms with Gasteiger partial charge in [0.15, 0.2) is 5.75 Å². The lowest BCUT2D eigenvalue weighted by atomic mass is 9.94. The molecule has 5 rings (SSSR count). The highest BCUT2D eigenvalue weighted by Gasteiger charge is 2.51. The van der Waals surface area contributed by atoms with Crippen molar-refractivity contribution in [2.75, 3.05) is 13.6 Å². The predicted octanol–water partition coefficient (Wildman–Crippen LogP) is 3.64. The van der Waals surface area contributed by atoms with Gasteiger partial charge in [0.05, 0.1) is 10.6 Å². The van der Waals surface area contributed by atoms with Crippen LogP contribution in [0.1, 0.15) is 70.5 Å². The number of fused-ring (bicyclic) bond motifs is 4. The number of aromatic hydroxyl groups is 1. The van der Waals surface area contributed by atoms with Gasteiger partial charge in [-0.25, -0.2) is 4.39 Å². The summed E-state index contributed by atoms with van der Waals surface area (Å²) in [6, 6.07) is 4.22. The van der Waals surface area contributed by atoms with E-state index < -0.39 is 28.7 Å². The third-order valence-corrected chi connectivity index (χ3v) is 7.69. The van der Waals surface area contributed by atoms with Crippen LogP contribution in [0, 0.1) is 5.82 Å².